The van der Waals surface area contributed by atoms with Crippen LogP contribution < -0.4 is 5.32 Å². The van der Waals surface area contributed by atoms with Crippen molar-refractivity contribution >= 4 is 12.4 Å². The predicted molar refractivity (Wildman–Crippen MR) is 67.4 cm³/mol. The predicted octanol–water partition coefficient (Wildman–Crippen LogP) is 3.56. The number of hydrogen-bond donors (Lipinski definition) is 1. The van der Waals surface area contributed by atoms with Crippen LogP contribution in [0.4, 0.5) is 0 Å². The molecule has 0 bridgehead atoms. The lowest BCUT2D eigenvalue weighted by Crippen LogP contribution is -2.31. The third-order valence-corrected chi connectivity index (χ3v) is 3.00. The summed E-state index contributed by atoms with van der Waals surface area (Å²) < 4.78 is 22.1. The zero-order valence-electron chi connectivity index (χ0n) is 11.8. The first-order chi connectivity index (χ1) is 8.04. The molecular weight excluding hydrogens is 206 g/mol. The number of hydrogen-bond acceptors (Lipinski definition) is 1. The summed E-state index contributed by atoms with van der Waals surface area (Å²) in [6, 6.07) is 10.6. The monoisotopic (exact) mass is 228 g/mol. The zero-order chi connectivity index (χ0) is 12.3. The van der Waals surface area contributed by atoms with Crippen molar-refractivity contribution in [1.82, 2.24) is 5.32 Å². The van der Waals surface area contributed by atoms with Gasteiger partial charge in [-0.1, -0.05) is 43.6 Å². The first-order valence-electron chi connectivity index (χ1n) is 6.83. The summed E-state index contributed by atoms with van der Waals surface area (Å²) in [5, 5.41) is 3.47. The Hall–Kier alpha value is -0.530. The SMILES string of the molecule is Cl.[2H]C([2H])([2H])C[C@@H]1CCN[C@H](c2ccccc2)C1. The van der Waals surface area contributed by atoms with Gasteiger partial charge in [-0.2, -0.15) is 0 Å². The molecule has 1 aliphatic rings. The Labute approximate surface area is 103 Å². The average molecular weight is 229 g/mol. The molecule has 1 heterocycles. The number of nitrogens with one attached hydrogen (secondary N) is 1. The third kappa shape index (κ3) is 3.22. The van der Waals surface area contributed by atoms with E-state index in [-0.39, 0.29) is 12.4 Å². The van der Waals surface area contributed by atoms with E-state index in [9.17, 15) is 0 Å². The maximum Gasteiger partial charge on any atom is 0.0322 e. The summed E-state index contributed by atoms with van der Waals surface area (Å²) in [6.45, 7) is -0.871. The minimum absolute atomic E-state index is 0. The van der Waals surface area contributed by atoms with E-state index in [4.69, 9.17) is 4.11 Å². The molecule has 0 aromatic heterocycles. The fourth-order valence-electron chi connectivity index (χ4n) is 2.12. The third-order valence-electron chi connectivity index (χ3n) is 3.00. The highest BCUT2D eigenvalue weighted by Gasteiger charge is 2.20. The van der Waals surface area contributed by atoms with Gasteiger partial charge < -0.3 is 5.32 Å². The van der Waals surface area contributed by atoms with Crippen molar-refractivity contribution in [2.24, 2.45) is 5.92 Å². The van der Waals surface area contributed by atoms with Gasteiger partial charge in [0.25, 0.3) is 0 Å². The molecule has 0 aliphatic carbocycles. The molecule has 0 amide bonds. The van der Waals surface area contributed by atoms with Gasteiger partial charge in [-0.05, 0) is 30.9 Å². The Morgan fingerprint density at radius 3 is 2.93 bits per heavy atom. The van der Waals surface area contributed by atoms with E-state index in [2.05, 4.69) is 17.4 Å². The van der Waals surface area contributed by atoms with Gasteiger partial charge in [-0.3, -0.25) is 0 Å². The van der Waals surface area contributed by atoms with Crippen molar-refractivity contribution in [3.63, 3.8) is 0 Å². The van der Waals surface area contributed by atoms with Crippen molar-refractivity contribution in [1.29, 1.82) is 0 Å². The first-order valence-corrected chi connectivity index (χ1v) is 5.33. The molecule has 1 nitrogen and oxygen atoms in total. The molecule has 0 radical (unpaired) electrons. The van der Waals surface area contributed by atoms with Crippen molar-refractivity contribution in [3.8, 4) is 0 Å². The maximum absolute atomic E-state index is 7.35. The van der Waals surface area contributed by atoms with Crippen LogP contribution in [0.15, 0.2) is 30.3 Å². The molecule has 0 unspecified atom stereocenters. The van der Waals surface area contributed by atoms with Crippen LogP contribution in [-0.2, 0) is 0 Å². The summed E-state index contributed by atoms with van der Waals surface area (Å²) in [5.41, 5.74) is 1.27. The normalized spacial score (nSPS) is 29.5. The van der Waals surface area contributed by atoms with Gasteiger partial charge in [0.1, 0.15) is 0 Å². The summed E-state index contributed by atoms with van der Waals surface area (Å²) in [7, 11) is 0. The van der Waals surface area contributed by atoms with E-state index >= 15 is 0 Å². The molecule has 1 aromatic rings. The smallest absolute Gasteiger partial charge is 0.0322 e. The molecule has 1 N–H and O–H groups in total. The molecule has 84 valence electrons. The fraction of sp³-hybridized carbons (Fsp3) is 0.538. The van der Waals surface area contributed by atoms with Crippen molar-refractivity contribution in [2.45, 2.75) is 32.2 Å². The van der Waals surface area contributed by atoms with Crippen LogP contribution in [0.1, 0.15) is 41.8 Å². The van der Waals surface area contributed by atoms with E-state index in [1.165, 1.54) is 5.56 Å². The lowest BCUT2D eigenvalue weighted by molar-refractivity contribution is 0.299. The number of benzene rings is 1. The Kier molecular flexibility index (Phi) is 3.52. The zero-order valence-corrected chi connectivity index (χ0v) is 9.59. The molecular formula is C13H20ClN. The lowest BCUT2D eigenvalue weighted by Gasteiger charge is -2.30. The Balaban J connectivity index is 0.00000162. The molecule has 0 saturated carbocycles. The topological polar surface area (TPSA) is 12.0 Å². The van der Waals surface area contributed by atoms with Crippen LogP contribution in [0, 0.1) is 5.92 Å². The number of halogens is 1. The van der Waals surface area contributed by atoms with Gasteiger partial charge in [0, 0.05) is 10.2 Å². The average Bonchev–Trinajstić information content (AvgIpc) is 2.28. The van der Waals surface area contributed by atoms with Crippen molar-refractivity contribution in [3.05, 3.63) is 35.9 Å². The van der Waals surface area contributed by atoms with Crippen LogP contribution in [0.3, 0.4) is 0 Å². The van der Waals surface area contributed by atoms with E-state index < -0.39 is 6.85 Å². The highest BCUT2D eigenvalue weighted by molar-refractivity contribution is 5.85. The first kappa shape index (κ1) is 8.60. The molecule has 2 heteroatoms. The Morgan fingerprint density at radius 2 is 2.20 bits per heavy atom. The second-order valence-electron chi connectivity index (χ2n) is 4.01. The molecule has 1 aromatic carbocycles. The van der Waals surface area contributed by atoms with Crippen LogP contribution in [0.25, 0.3) is 0 Å². The lowest BCUT2D eigenvalue weighted by atomic mass is 9.87. The van der Waals surface area contributed by atoms with Crippen LogP contribution in [0.5, 0.6) is 0 Å². The number of piperidine rings is 1. The quantitative estimate of drug-likeness (QED) is 0.816. The molecule has 1 fully saturated rings. The fourth-order valence-corrected chi connectivity index (χ4v) is 2.12. The molecule has 15 heavy (non-hydrogen) atoms. The van der Waals surface area contributed by atoms with Crippen molar-refractivity contribution in [2.75, 3.05) is 6.54 Å². The van der Waals surface area contributed by atoms with Crippen LogP contribution in [0.2, 0.25) is 0 Å². The number of rotatable bonds is 2. The molecule has 0 spiro atoms. The minimum Gasteiger partial charge on any atom is -0.310 e. The highest BCUT2D eigenvalue weighted by Crippen LogP contribution is 2.28. The van der Waals surface area contributed by atoms with Gasteiger partial charge in [-0.25, -0.2) is 0 Å². The highest BCUT2D eigenvalue weighted by atomic mass is 35.5. The van der Waals surface area contributed by atoms with Gasteiger partial charge in [-0.15, -0.1) is 12.4 Å². The van der Waals surface area contributed by atoms with Gasteiger partial charge in [0.15, 0.2) is 0 Å². The van der Waals surface area contributed by atoms with Gasteiger partial charge in [0.2, 0.25) is 0 Å². The largest absolute Gasteiger partial charge is 0.310 e. The maximum atomic E-state index is 7.35. The summed E-state index contributed by atoms with van der Waals surface area (Å²) in [5.74, 6) is 0.314. The van der Waals surface area contributed by atoms with Crippen LogP contribution in [-0.4, -0.2) is 6.54 Å². The van der Waals surface area contributed by atoms with E-state index in [1.54, 1.807) is 0 Å². The second kappa shape index (κ2) is 6.14. The van der Waals surface area contributed by atoms with E-state index in [0.29, 0.717) is 18.4 Å². The minimum atomic E-state index is -1.79. The Bertz CT molecular complexity index is 353. The second-order valence-corrected chi connectivity index (χ2v) is 4.01. The summed E-state index contributed by atoms with van der Waals surface area (Å²) in [4.78, 5) is 0. The van der Waals surface area contributed by atoms with Crippen molar-refractivity contribution < 1.29 is 4.11 Å². The molecule has 2 atom stereocenters. The van der Waals surface area contributed by atoms with Gasteiger partial charge in [0.05, 0.1) is 0 Å². The Morgan fingerprint density at radius 1 is 1.40 bits per heavy atom. The van der Waals surface area contributed by atoms with E-state index in [1.807, 2.05) is 18.2 Å². The summed E-state index contributed by atoms with van der Waals surface area (Å²) in [6.07, 6.45) is 2.25. The molecule has 2 rings (SSSR count). The van der Waals surface area contributed by atoms with Crippen LogP contribution >= 0.6 is 12.4 Å². The molecule has 1 aliphatic heterocycles. The standard InChI is InChI=1S/C13H19N.ClH/c1-2-11-8-9-14-13(10-11)12-6-4-3-5-7-12;/h3-7,11,13-14H,2,8-10H2,1H3;1H/t11-,13+;/m1./s1/i1D3;. The van der Waals surface area contributed by atoms with Gasteiger partial charge >= 0.3 is 0 Å². The molecule has 1 saturated heterocycles. The summed E-state index contributed by atoms with van der Waals surface area (Å²) >= 11 is 0. The van der Waals surface area contributed by atoms with E-state index in [0.717, 1.165) is 19.4 Å².